The maximum absolute atomic E-state index is 12.9. The van der Waals surface area contributed by atoms with E-state index < -0.39 is 46.9 Å². The molecule has 8 heteroatoms. The minimum atomic E-state index is -4.60. The zero-order chi connectivity index (χ0) is 26.8. The van der Waals surface area contributed by atoms with Crippen LogP contribution >= 0.6 is 0 Å². The Morgan fingerprint density at radius 3 is 1.72 bits per heavy atom. The zero-order valence-corrected chi connectivity index (χ0v) is 19.8. The highest BCUT2D eigenvalue weighted by molar-refractivity contribution is 5.86. The third-order valence-electron chi connectivity index (χ3n) is 5.77. The molecule has 192 valence electrons. The van der Waals surface area contributed by atoms with Crippen molar-refractivity contribution < 1.29 is 37.4 Å². The van der Waals surface area contributed by atoms with Crippen LogP contribution < -0.4 is 0 Å². The van der Waals surface area contributed by atoms with Gasteiger partial charge in [0.1, 0.15) is 11.2 Å². The normalized spacial score (nSPS) is 11.4. The summed E-state index contributed by atoms with van der Waals surface area (Å²) in [6.45, 7) is 2.13. The standard InChI is InChI=1S/C19H22O2.C9H6F4O2/c1-2-3-10-15-19(18(20)21,16-11-6-4-7-12-16)17-13-8-5-9-14-17;10-7-2-1-6(9(11,12)13)3-5(7)4-8(14)15/h4-9,11-14H,2-3,10,15H2,1H3,(H,20,21);1-3H,4H2,(H,14,15). The van der Waals surface area contributed by atoms with E-state index in [1.807, 2.05) is 60.7 Å². The number of aliphatic carboxylic acids is 2. The number of carbonyl (C=O) groups is 2. The molecule has 3 aromatic rings. The van der Waals surface area contributed by atoms with E-state index >= 15 is 0 Å². The van der Waals surface area contributed by atoms with Crippen molar-refractivity contribution in [2.75, 3.05) is 0 Å². The van der Waals surface area contributed by atoms with Crippen LogP contribution in [-0.4, -0.2) is 22.2 Å². The molecule has 0 bridgehead atoms. The first-order valence-electron chi connectivity index (χ1n) is 11.4. The van der Waals surface area contributed by atoms with Crippen molar-refractivity contribution in [3.05, 3.63) is 107 Å². The highest BCUT2D eigenvalue weighted by Crippen LogP contribution is 2.37. The summed E-state index contributed by atoms with van der Waals surface area (Å²) in [5.74, 6) is -3.10. The summed E-state index contributed by atoms with van der Waals surface area (Å²) in [6, 6.07) is 20.9. The molecule has 3 rings (SSSR count). The summed E-state index contributed by atoms with van der Waals surface area (Å²) in [5, 5.41) is 18.4. The van der Waals surface area contributed by atoms with Crippen LogP contribution in [0.2, 0.25) is 0 Å². The van der Waals surface area contributed by atoms with E-state index in [1.165, 1.54) is 0 Å². The fraction of sp³-hybridized carbons (Fsp3) is 0.286. The molecule has 0 aliphatic carbocycles. The van der Waals surface area contributed by atoms with E-state index in [0.717, 1.165) is 30.4 Å². The fourth-order valence-electron chi connectivity index (χ4n) is 3.94. The molecule has 36 heavy (non-hydrogen) atoms. The van der Waals surface area contributed by atoms with Crippen molar-refractivity contribution in [2.45, 2.75) is 50.6 Å². The minimum absolute atomic E-state index is 0.475. The molecule has 0 spiro atoms. The Balaban J connectivity index is 0.000000269. The van der Waals surface area contributed by atoms with Crippen LogP contribution in [0, 0.1) is 5.82 Å². The maximum atomic E-state index is 12.9. The topological polar surface area (TPSA) is 74.6 Å². The number of alkyl halides is 3. The lowest BCUT2D eigenvalue weighted by Gasteiger charge is -2.31. The van der Waals surface area contributed by atoms with Gasteiger partial charge in [-0.2, -0.15) is 13.2 Å². The molecule has 0 aliphatic heterocycles. The van der Waals surface area contributed by atoms with Crippen LogP contribution in [-0.2, 0) is 27.6 Å². The highest BCUT2D eigenvalue weighted by Gasteiger charge is 2.41. The largest absolute Gasteiger partial charge is 0.481 e. The first kappa shape index (κ1) is 28.6. The van der Waals surface area contributed by atoms with Gasteiger partial charge >= 0.3 is 18.1 Å². The molecule has 0 amide bonds. The quantitative estimate of drug-likeness (QED) is 0.241. The number of carboxylic acid groups (broad SMARTS) is 2. The molecule has 0 heterocycles. The van der Waals surface area contributed by atoms with Gasteiger partial charge in [-0.1, -0.05) is 86.8 Å². The van der Waals surface area contributed by atoms with E-state index in [1.54, 1.807) is 0 Å². The smallest absolute Gasteiger partial charge is 0.416 e. The van der Waals surface area contributed by atoms with Gasteiger partial charge in [0.25, 0.3) is 0 Å². The Kier molecular flexibility index (Phi) is 10.2. The zero-order valence-electron chi connectivity index (χ0n) is 19.8. The number of benzene rings is 3. The second kappa shape index (κ2) is 12.9. The molecule has 0 atom stereocenters. The predicted molar refractivity (Wildman–Crippen MR) is 128 cm³/mol. The van der Waals surface area contributed by atoms with Gasteiger partial charge in [0.15, 0.2) is 0 Å². The van der Waals surface area contributed by atoms with Crippen molar-refractivity contribution in [3.8, 4) is 0 Å². The molecule has 0 fully saturated rings. The molecule has 2 N–H and O–H groups in total. The van der Waals surface area contributed by atoms with Crippen LogP contribution in [0.5, 0.6) is 0 Å². The average molecular weight is 505 g/mol. The molecule has 0 saturated carbocycles. The number of halogens is 4. The molecular weight excluding hydrogens is 476 g/mol. The minimum Gasteiger partial charge on any atom is -0.481 e. The molecule has 3 aromatic carbocycles. The number of hydrogen-bond donors (Lipinski definition) is 2. The van der Waals surface area contributed by atoms with E-state index in [4.69, 9.17) is 5.11 Å². The molecule has 0 radical (unpaired) electrons. The molecule has 0 aliphatic rings. The summed E-state index contributed by atoms with van der Waals surface area (Å²) in [7, 11) is 0. The Bertz CT molecular complexity index is 1090. The third kappa shape index (κ3) is 7.41. The lowest BCUT2D eigenvalue weighted by Crippen LogP contribution is -2.37. The lowest BCUT2D eigenvalue weighted by atomic mass is 9.71. The molecule has 4 nitrogen and oxygen atoms in total. The van der Waals surface area contributed by atoms with Crippen LogP contribution in [0.3, 0.4) is 0 Å². The van der Waals surface area contributed by atoms with Crippen LogP contribution in [0.4, 0.5) is 17.6 Å². The molecular formula is C28H28F4O4. The van der Waals surface area contributed by atoms with Gasteiger partial charge in [-0.15, -0.1) is 0 Å². The third-order valence-corrected chi connectivity index (χ3v) is 5.77. The fourth-order valence-corrected chi connectivity index (χ4v) is 3.94. The van der Waals surface area contributed by atoms with Gasteiger partial charge in [-0.3, -0.25) is 9.59 Å². The summed E-state index contributed by atoms with van der Waals surface area (Å²) >= 11 is 0. The summed E-state index contributed by atoms with van der Waals surface area (Å²) in [4.78, 5) is 22.5. The first-order chi connectivity index (χ1) is 17.0. The summed E-state index contributed by atoms with van der Waals surface area (Å²) < 4.78 is 49.4. The second-order valence-electron chi connectivity index (χ2n) is 8.27. The second-order valence-corrected chi connectivity index (χ2v) is 8.27. The van der Waals surface area contributed by atoms with Gasteiger partial charge < -0.3 is 10.2 Å². The van der Waals surface area contributed by atoms with Gasteiger partial charge in [0.05, 0.1) is 12.0 Å². The van der Waals surface area contributed by atoms with Gasteiger partial charge in [0, 0.05) is 0 Å². The van der Waals surface area contributed by atoms with Crippen molar-refractivity contribution in [1.29, 1.82) is 0 Å². The van der Waals surface area contributed by atoms with Crippen LogP contribution in [0.1, 0.15) is 54.9 Å². The molecule has 0 aromatic heterocycles. The van der Waals surface area contributed by atoms with Crippen LogP contribution in [0.15, 0.2) is 78.9 Å². The molecule has 0 unspecified atom stereocenters. The van der Waals surface area contributed by atoms with E-state index in [-0.39, 0.29) is 0 Å². The Hall–Kier alpha value is -3.68. The van der Waals surface area contributed by atoms with Gasteiger partial charge in [-0.25, -0.2) is 4.39 Å². The number of unbranched alkanes of at least 4 members (excludes halogenated alkanes) is 2. The Morgan fingerprint density at radius 1 is 0.778 bits per heavy atom. The SMILES string of the molecule is CCCCCC(C(=O)O)(c1ccccc1)c1ccccc1.O=C(O)Cc1cc(C(F)(F)F)ccc1F. The number of hydrogen-bond acceptors (Lipinski definition) is 2. The maximum Gasteiger partial charge on any atom is 0.416 e. The van der Waals surface area contributed by atoms with Crippen molar-refractivity contribution >= 4 is 11.9 Å². The van der Waals surface area contributed by atoms with Crippen molar-refractivity contribution in [2.24, 2.45) is 0 Å². The first-order valence-corrected chi connectivity index (χ1v) is 11.4. The van der Waals surface area contributed by atoms with E-state index in [9.17, 15) is 32.3 Å². The monoisotopic (exact) mass is 504 g/mol. The van der Waals surface area contributed by atoms with Crippen molar-refractivity contribution in [3.63, 3.8) is 0 Å². The average Bonchev–Trinajstić information content (AvgIpc) is 2.84. The lowest BCUT2D eigenvalue weighted by molar-refractivity contribution is -0.142. The van der Waals surface area contributed by atoms with E-state index in [0.29, 0.717) is 24.6 Å². The molecule has 0 saturated heterocycles. The van der Waals surface area contributed by atoms with Crippen LogP contribution in [0.25, 0.3) is 0 Å². The number of carboxylic acids is 2. The Labute approximate surface area is 207 Å². The van der Waals surface area contributed by atoms with Gasteiger partial charge in [-0.05, 0) is 41.3 Å². The highest BCUT2D eigenvalue weighted by atomic mass is 19.4. The number of rotatable bonds is 9. The van der Waals surface area contributed by atoms with Gasteiger partial charge in [0.2, 0.25) is 0 Å². The summed E-state index contributed by atoms with van der Waals surface area (Å²) in [6.07, 6.45) is -1.69. The Morgan fingerprint density at radius 2 is 1.31 bits per heavy atom. The predicted octanol–water partition coefficient (Wildman–Crippen LogP) is 7.11. The van der Waals surface area contributed by atoms with Crippen molar-refractivity contribution in [1.82, 2.24) is 0 Å². The summed E-state index contributed by atoms with van der Waals surface area (Å²) in [5.41, 5.74) is -0.755. The van der Waals surface area contributed by atoms with E-state index in [2.05, 4.69) is 6.92 Å².